The molecule has 0 saturated heterocycles. The molecule has 0 bridgehead atoms. The van der Waals surface area contributed by atoms with Crippen molar-refractivity contribution in [3.8, 4) is 0 Å². The normalized spacial score (nSPS) is 19.7. The molecule has 0 amide bonds. The second-order valence-corrected chi connectivity index (χ2v) is 3.94. The van der Waals surface area contributed by atoms with Crippen molar-refractivity contribution >= 4 is 5.69 Å². The largest absolute Gasteiger partial charge is 0.272 e. The summed E-state index contributed by atoms with van der Waals surface area (Å²) >= 11 is 0. The van der Waals surface area contributed by atoms with E-state index in [0.717, 1.165) is 25.3 Å². The van der Waals surface area contributed by atoms with Crippen molar-refractivity contribution in [3.05, 3.63) is 51.8 Å². The number of benzene rings is 1. The SMILES string of the molecule is O=[N+]([O-])c1ccc(C2CC=CCC2)c(F)c1. The van der Waals surface area contributed by atoms with Crippen molar-refractivity contribution < 1.29 is 9.31 Å². The lowest BCUT2D eigenvalue weighted by Crippen LogP contribution is -2.04. The van der Waals surface area contributed by atoms with Crippen LogP contribution >= 0.6 is 0 Å². The number of rotatable bonds is 2. The molecule has 1 aliphatic rings. The highest BCUT2D eigenvalue weighted by atomic mass is 19.1. The fraction of sp³-hybridized carbons (Fsp3) is 0.333. The molecule has 1 aromatic rings. The molecule has 1 unspecified atom stereocenters. The van der Waals surface area contributed by atoms with Gasteiger partial charge in [0.1, 0.15) is 5.82 Å². The first-order chi connectivity index (χ1) is 7.68. The highest BCUT2D eigenvalue weighted by Crippen LogP contribution is 2.32. The monoisotopic (exact) mass is 221 g/mol. The van der Waals surface area contributed by atoms with E-state index in [4.69, 9.17) is 0 Å². The number of non-ortho nitro benzene ring substituents is 1. The Labute approximate surface area is 92.7 Å². The van der Waals surface area contributed by atoms with E-state index < -0.39 is 10.7 Å². The van der Waals surface area contributed by atoms with Crippen molar-refractivity contribution in [1.29, 1.82) is 0 Å². The molecule has 2 rings (SSSR count). The van der Waals surface area contributed by atoms with Crippen LogP contribution in [0, 0.1) is 15.9 Å². The first-order valence-corrected chi connectivity index (χ1v) is 5.27. The van der Waals surface area contributed by atoms with Crippen molar-refractivity contribution in [3.63, 3.8) is 0 Å². The van der Waals surface area contributed by atoms with Crippen molar-refractivity contribution in [1.82, 2.24) is 0 Å². The highest BCUT2D eigenvalue weighted by Gasteiger charge is 2.18. The third kappa shape index (κ3) is 2.10. The van der Waals surface area contributed by atoms with Crippen molar-refractivity contribution in [2.45, 2.75) is 25.2 Å². The van der Waals surface area contributed by atoms with E-state index in [2.05, 4.69) is 6.08 Å². The van der Waals surface area contributed by atoms with Crippen LogP contribution in [0.15, 0.2) is 30.4 Å². The number of hydrogen-bond acceptors (Lipinski definition) is 2. The van der Waals surface area contributed by atoms with Crippen LogP contribution in [0.25, 0.3) is 0 Å². The summed E-state index contributed by atoms with van der Waals surface area (Å²) in [6.45, 7) is 0. The number of allylic oxidation sites excluding steroid dienone is 2. The van der Waals surface area contributed by atoms with Crippen LogP contribution in [0.4, 0.5) is 10.1 Å². The van der Waals surface area contributed by atoms with Gasteiger partial charge in [-0.2, -0.15) is 0 Å². The molecule has 1 atom stereocenters. The Morgan fingerprint density at radius 1 is 1.38 bits per heavy atom. The van der Waals surface area contributed by atoms with Crippen LogP contribution in [0.2, 0.25) is 0 Å². The summed E-state index contributed by atoms with van der Waals surface area (Å²) in [6, 6.07) is 3.92. The predicted molar refractivity (Wildman–Crippen MR) is 58.8 cm³/mol. The van der Waals surface area contributed by atoms with Crippen LogP contribution in [-0.2, 0) is 0 Å². The van der Waals surface area contributed by atoms with Gasteiger partial charge in [0, 0.05) is 6.07 Å². The van der Waals surface area contributed by atoms with Gasteiger partial charge in [0.15, 0.2) is 0 Å². The summed E-state index contributed by atoms with van der Waals surface area (Å²) in [5.74, 6) is -0.305. The second kappa shape index (κ2) is 4.43. The zero-order chi connectivity index (χ0) is 11.5. The average molecular weight is 221 g/mol. The van der Waals surface area contributed by atoms with E-state index in [-0.39, 0.29) is 11.6 Å². The van der Waals surface area contributed by atoms with Crippen molar-refractivity contribution in [2.24, 2.45) is 0 Å². The Bertz CT molecular complexity index is 443. The van der Waals surface area contributed by atoms with Gasteiger partial charge in [-0.05, 0) is 36.8 Å². The van der Waals surface area contributed by atoms with E-state index >= 15 is 0 Å². The van der Waals surface area contributed by atoms with E-state index in [0.29, 0.717) is 5.56 Å². The Kier molecular flexibility index (Phi) is 2.99. The number of nitro groups is 1. The molecule has 0 aliphatic heterocycles. The van der Waals surface area contributed by atoms with Crippen LogP contribution in [0.1, 0.15) is 30.7 Å². The quantitative estimate of drug-likeness (QED) is 0.435. The highest BCUT2D eigenvalue weighted by molar-refractivity contribution is 5.36. The molecular weight excluding hydrogens is 209 g/mol. The molecule has 0 radical (unpaired) electrons. The average Bonchev–Trinajstić information content (AvgIpc) is 2.30. The number of hydrogen-bond donors (Lipinski definition) is 0. The lowest BCUT2D eigenvalue weighted by Gasteiger charge is -2.18. The Morgan fingerprint density at radius 3 is 2.75 bits per heavy atom. The Balaban J connectivity index is 2.28. The van der Waals surface area contributed by atoms with Crippen LogP contribution in [0.5, 0.6) is 0 Å². The van der Waals surface area contributed by atoms with Gasteiger partial charge >= 0.3 is 0 Å². The minimum atomic E-state index is -0.576. The smallest absolute Gasteiger partial charge is 0.258 e. The molecule has 3 nitrogen and oxygen atoms in total. The number of halogens is 1. The first kappa shape index (κ1) is 10.8. The molecule has 0 spiro atoms. The van der Waals surface area contributed by atoms with Crippen LogP contribution in [0.3, 0.4) is 0 Å². The summed E-state index contributed by atoms with van der Waals surface area (Å²) in [4.78, 5) is 9.89. The lowest BCUT2D eigenvalue weighted by molar-refractivity contribution is -0.385. The zero-order valence-electron chi connectivity index (χ0n) is 8.73. The molecular formula is C12H12FNO2. The van der Waals surface area contributed by atoms with E-state index in [9.17, 15) is 14.5 Å². The standard InChI is InChI=1S/C12H12FNO2/c13-12-8-10(14(15)16)6-7-11(12)9-4-2-1-3-5-9/h1-2,6-9H,3-5H2. The van der Waals surface area contributed by atoms with Crippen LogP contribution < -0.4 is 0 Å². The van der Waals surface area contributed by atoms with Gasteiger partial charge in [-0.25, -0.2) is 4.39 Å². The fourth-order valence-electron chi connectivity index (χ4n) is 2.04. The molecule has 16 heavy (non-hydrogen) atoms. The van der Waals surface area contributed by atoms with E-state index in [1.54, 1.807) is 0 Å². The summed E-state index contributed by atoms with van der Waals surface area (Å²) in [5.41, 5.74) is 0.405. The topological polar surface area (TPSA) is 43.1 Å². The molecule has 4 heteroatoms. The molecule has 84 valence electrons. The fourth-order valence-corrected chi connectivity index (χ4v) is 2.04. The summed E-state index contributed by atoms with van der Waals surface area (Å²) < 4.78 is 13.7. The summed E-state index contributed by atoms with van der Waals surface area (Å²) in [6.07, 6.45) is 6.79. The minimum Gasteiger partial charge on any atom is -0.258 e. The Morgan fingerprint density at radius 2 is 2.19 bits per heavy atom. The second-order valence-electron chi connectivity index (χ2n) is 3.94. The molecule has 0 saturated carbocycles. The number of nitrogens with zero attached hydrogens (tertiary/aromatic N) is 1. The zero-order valence-corrected chi connectivity index (χ0v) is 8.73. The van der Waals surface area contributed by atoms with E-state index in [1.165, 1.54) is 12.1 Å². The maximum absolute atomic E-state index is 13.7. The molecule has 1 aliphatic carbocycles. The van der Waals surface area contributed by atoms with Crippen molar-refractivity contribution in [2.75, 3.05) is 0 Å². The van der Waals surface area contributed by atoms with E-state index in [1.807, 2.05) is 6.08 Å². The molecule has 0 aromatic heterocycles. The van der Waals surface area contributed by atoms with Gasteiger partial charge in [-0.3, -0.25) is 10.1 Å². The third-order valence-corrected chi connectivity index (χ3v) is 2.90. The maximum atomic E-state index is 13.7. The van der Waals surface area contributed by atoms with Gasteiger partial charge in [0.2, 0.25) is 0 Å². The van der Waals surface area contributed by atoms with Gasteiger partial charge < -0.3 is 0 Å². The van der Waals surface area contributed by atoms with Gasteiger partial charge in [0.05, 0.1) is 11.0 Å². The molecule has 1 aromatic carbocycles. The minimum absolute atomic E-state index is 0.158. The van der Waals surface area contributed by atoms with Crippen LogP contribution in [-0.4, -0.2) is 4.92 Å². The Hall–Kier alpha value is -1.71. The maximum Gasteiger partial charge on any atom is 0.272 e. The third-order valence-electron chi connectivity index (χ3n) is 2.90. The molecule has 0 fully saturated rings. The van der Waals surface area contributed by atoms with Gasteiger partial charge in [0.25, 0.3) is 5.69 Å². The number of nitro benzene ring substituents is 1. The molecule has 0 N–H and O–H groups in total. The lowest BCUT2D eigenvalue weighted by atomic mass is 9.87. The first-order valence-electron chi connectivity index (χ1n) is 5.27. The predicted octanol–water partition coefficient (Wildman–Crippen LogP) is 3.56. The summed E-state index contributed by atoms with van der Waals surface area (Å²) in [7, 11) is 0. The van der Waals surface area contributed by atoms with Gasteiger partial charge in [-0.1, -0.05) is 12.2 Å². The van der Waals surface area contributed by atoms with Gasteiger partial charge in [-0.15, -0.1) is 0 Å². The molecule has 0 heterocycles. The summed E-state index contributed by atoms with van der Waals surface area (Å²) in [5, 5.41) is 10.5.